The lowest BCUT2D eigenvalue weighted by atomic mass is 9.99. The molecule has 5 nitrogen and oxygen atoms in total. The average molecular weight is 400 g/mol. The van der Waals surface area contributed by atoms with Gasteiger partial charge in [0.05, 0.1) is 5.88 Å². The second-order valence-electron chi connectivity index (χ2n) is 6.80. The largest absolute Gasteiger partial charge is 0.352 e. The van der Waals surface area contributed by atoms with Crippen LogP contribution in [-0.4, -0.2) is 40.9 Å². The number of thioether (sulfide) groups is 1. The standard InChI is InChI=1S/C19H29N3O2S.ClH/c1-4-5-18(23)22-12-25-11-17(22)19(24)21-10-16(20)15-8-6-14(7-9-15)13(2)3;/h6-9,13,16-17H,4-5,10-12,20H2,1-3H3,(H,21,24);1H. The lowest BCUT2D eigenvalue weighted by molar-refractivity contribution is -0.138. The van der Waals surface area contributed by atoms with E-state index < -0.39 is 0 Å². The molecule has 1 saturated heterocycles. The van der Waals surface area contributed by atoms with Gasteiger partial charge in [0.25, 0.3) is 0 Å². The first-order valence-electron chi connectivity index (χ1n) is 8.94. The first-order chi connectivity index (χ1) is 11.9. The smallest absolute Gasteiger partial charge is 0.243 e. The quantitative estimate of drug-likeness (QED) is 0.738. The number of amides is 2. The minimum Gasteiger partial charge on any atom is -0.352 e. The van der Waals surface area contributed by atoms with Crippen LogP contribution in [0.4, 0.5) is 0 Å². The fourth-order valence-corrected chi connectivity index (χ4v) is 4.02. The number of nitrogens with zero attached hydrogens (tertiary/aromatic N) is 1. The highest BCUT2D eigenvalue weighted by Gasteiger charge is 2.34. The Morgan fingerprint density at radius 3 is 2.46 bits per heavy atom. The molecule has 0 saturated carbocycles. The second kappa shape index (κ2) is 10.8. The molecule has 0 aliphatic carbocycles. The molecular weight excluding hydrogens is 370 g/mol. The van der Waals surface area contributed by atoms with Gasteiger partial charge < -0.3 is 16.0 Å². The average Bonchev–Trinajstić information content (AvgIpc) is 3.09. The number of nitrogens with one attached hydrogen (secondary N) is 1. The van der Waals surface area contributed by atoms with E-state index in [1.54, 1.807) is 16.7 Å². The highest BCUT2D eigenvalue weighted by Crippen LogP contribution is 2.22. The number of halogens is 1. The first-order valence-corrected chi connectivity index (χ1v) is 10.1. The van der Waals surface area contributed by atoms with Gasteiger partial charge in [-0.05, 0) is 23.5 Å². The van der Waals surface area contributed by atoms with Crippen molar-refractivity contribution in [1.29, 1.82) is 0 Å². The lowest BCUT2D eigenvalue weighted by Crippen LogP contribution is -2.48. The monoisotopic (exact) mass is 399 g/mol. The number of rotatable bonds is 7. The number of hydrogen-bond donors (Lipinski definition) is 2. The molecule has 0 bridgehead atoms. The van der Waals surface area contributed by atoms with Crippen molar-refractivity contribution in [2.24, 2.45) is 5.73 Å². The van der Waals surface area contributed by atoms with Crippen molar-refractivity contribution < 1.29 is 9.59 Å². The van der Waals surface area contributed by atoms with Crippen LogP contribution in [0.25, 0.3) is 0 Å². The van der Waals surface area contributed by atoms with Crippen molar-refractivity contribution in [3.63, 3.8) is 0 Å². The molecule has 1 heterocycles. The van der Waals surface area contributed by atoms with Crippen molar-refractivity contribution >= 4 is 36.0 Å². The van der Waals surface area contributed by atoms with E-state index in [9.17, 15) is 9.59 Å². The Balaban J connectivity index is 0.00000338. The lowest BCUT2D eigenvalue weighted by Gasteiger charge is -2.24. The molecular formula is C19H30ClN3O2S. The highest BCUT2D eigenvalue weighted by molar-refractivity contribution is 7.99. The van der Waals surface area contributed by atoms with Crippen LogP contribution >= 0.6 is 24.2 Å². The minimum atomic E-state index is -0.375. The van der Waals surface area contributed by atoms with Crippen LogP contribution < -0.4 is 11.1 Å². The summed E-state index contributed by atoms with van der Waals surface area (Å²) in [6.45, 7) is 6.65. The molecule has 0 aromatic heterocycles. The first kappa shape index (κ1) is 22.8. The molecule has 146 valence electrons. The molecule has 1 aliphatic rings. The summed E-state index contributed by atoms with van der Waals surface area (Å²) in [7, 11) is 0. The van der Waals surface area contributed by atoms with Crippen LogP contribution in [0.15, 0.2) is 24.3 Å². The summed E-state index contributed by atoms with van der Waals surface area (Å²) in [5.74, 6) is 1.68. The molecule has 0 radical (unpaired) electrons. The molecule has 0 spiro atoms. The molecule has 1 aliphatic heterocycles. The molecule has 1 aromatic rings. The van der Waals surface area contributed by atoms with Crippen molar-refractivity contribution in [3.8, 4) is 0 Å². The van der Waals surface area contributed by atoms with Gasteiger partial charge in [-0.15, -0.1) is 24.2 Å². The Morgan fingerprint density at radius 1 is 1.27 bits per heavy atom. The third kappa shape index (κ3) is 5.89. The number of carbonyl (C=O) groups is 2. The number of hydrogen-bond acceptors (Lipinski definition) is 4. The minimum absolute atomic E-state index is 0. The third-order valence-electron chi connectivity index (χ3n) is 4.50. The summed E-state index contributed by atoms with van der Waals surface area (Å²) in [4.78, 5) is 26.3. The van der Waals surface area contributed by atoms with E-state index >= 15 is 0 Å². The Morgan fingerprint density at radius 2 is 1.88 bits per heavy atom. The number of nitrogens with two attached hydrogens (primary N) is 1. The molecule has 2 unspecified atom stereocenters. The van der Waals surface area contributed by atoms with Gasteiger partial charge in [0, 0.05) is 24.8 Å². The molecule has 3 N–H and O–H groups in total. The van der Waals surface area contributed by atoms with Crippen LogP contribution in [0.3, 0.4) is 0 Å². The van der Waals surface area contributed by atoms with Crippen molar-refractivity contribution in [3.05, 3.63) is 35.4 Å². The van der Waals surface area contributed by atoms with Crippen LogP contribution in [0.5, 0.6) is 0 Å². The molecule has 1 fully saturated rings. The predicted octanol–water partition coefficient (Wildman–Crippen LogP) is 3.05. The summed E-state index contributed by atoms with van der Waals surface area (Å²) in [6.07, 6.45) is 1.29. The normalized spacial score (nSPS) is 17.7. The highest BCUT2D eigenvalue weighted by atomic mass is 35.5. The van der Waals surface area contributed by atoms with Crippen LogP contribution in [-0.2, 0) is 9.59 Å². The molecule has 2 rings (SSSR count). The maximum absolute atomic E-state index is 12.5. The van der Waals surface area contributed by atoms with Crippen LogP contribution in [0, 0.1) is 0 Å². The van der Waals surface area contributed by atoms with Crippen LogP contribution in [0.2, 0.25) is 0 Å². The Kier molecular flexibility index (Phi) is 9.47. The van der Waals surface area contributed by atoms with Gasteiger partial charge >= 0.3 is 0 Å². The summed E-state index contributed by atoms with van der Waals surface area (Å²) in [6, 6.07) is 7.59. The molecule has 7 heteroatoms. The Bertz CT molecular complexity index is 595. The van der Waals surface area contributed by atoms with Gasteiger partial charge in [0.2, 0.25) is 11.8 Å². The summed E-state index contributed by atoms with van der Waals surface area (Å²) in [5.41, 5.74) is 8.49. The van der Waals surface area contributed by atoms with E-state index in [0.717, 1.165) is 12.0 Å². The van der Waals surface area contributed by atoms with Gasteiger partial charge in [-0.2, -0.15) is 0 Å². The topological polar surface area (TPSA) is 75.4 Å². The van der Waals surface area contributed by atoms with Gasteiger partial charge in [0.15, 0.2) is 0 Å². The Labute approximate surface area is 166 Å². The number of benzene rings is 1. The van der Waals surface area contributed by atoms with E-state index in [-0.39, 0.29) is 36.3 Å². The summed E-state index contributed by atoms with van der Waals surface area (Å²) < 4.78 is 0. The number of carbonyl (C=O) groups excluding carboxylic acids is 2. The predicted molar refractivity (Wildman–Crippen MR) is 111 cm³/mol. The molecule has 1 aromatic carbocycles. The maximum Gasteiger partial charge on any atom is 0.243 e. The van der Waals surface area contributed by atoms with E-state index in [1.807, 2.05) is 19.1 Å². The van der Waals surface area contributed by atoms with Gasteiger partial charge in [-0.25, -0.2) is 0 Å². The zero-order valence-electron chi connectivity index (χ0n) is 15.7. The Hall–Kier alpha value is -1.24. The third-order valence-corrected chi connectivity index (χ3v) is 5.51. The fourth-order valence-electron chi connectivity index (χ4n) is 2.84. The van der Waals surface area contributed by atoms with E-state index in [4.69, 9.17) is 5.73 Å². The van der Waals surface area contributed by atoms with E-state index in [2.05, 4.69) is 31.3 Å². The van der Waals surface area contributed by atoms with Gasteiger partial charge in [-0.3, -0.25) is 9.59 Å². The van der Waals surface area contributed by atoms with Crippen LogP contribution in [0.1, 0.15) is 56.7 Å². The van der Waals surface area contributed by atoms with E-state index in [0.29, 0.717) is 30.5 Å². The van der Waals surface area contributed by atoms with Gasteiger partial charge in [-0.1, -0.05) is 45.0 Å². The summed E-state index contributed by atoms with van der Waals surface area (Å²) in [5, 5.41) is 2.92. The van der Waals surface area contributed by atoms with E-state index in [1.165, 1.54) is 5.56 Å². The zero-order valence-corrected chi connectivity index (χ0v) is 17.4. The van der Waals surface area contributed by atoms with Crippen molar-refractivity contribution in [2.45, 2.75) is 51.6 Å². The van der Waals surface area contributed by atoms with Crippen molar-refractivity contribution in [1.82, 2.24) is 10.2 Å². The SMILES string of the molecule is CCCC(=O)N1CSCC1C(=O)NCC(N)c1ccc(C(C)C)cc1.Cl. The molecule has 2 atom stereocenters. The summed E-state index contributed by atoms with van der Waals surface area (Å²) >= 11 is 1.62. The zero-order chi connectivity index (χ0) is 18.4. The second-order valence-corrected chi connectivity index (χ2v) is 7.80. The van der Waals surface area contributed by atoms with Gasteiger partial charge in [0.1, 0.15) is 6.04 Å². The molecule has 26 heavy (non-hydrogen) atoms. The van der Waals surface area contributed by atoms with Crippen molar-refractivity contribution in [2.75, 3.05) is 18.2 Å². The molecule has 2 amide bonds. The maximum atomic E-state index is 12.5. The fraction of sp³-hybridized carbons (Fsp3) is 0.579.